The van der Waals surface area contributed by atoms with Crippen LogP contribution in [0.5, 0.6) is 11.5 Å². The first-order valence-corrected chi connectivity index (χ1v) is 7.60. The molecule has 2 N–H and O–H groups in total. The molecule has 0 radical (unpaired) electrons. The summed E-state index contributed by atoms with van der Waals surface area (Å²) in [6.07, 6.45) is 5.05. The summed E-state index contributed by atoms with van der Waals surface area (Å²) in [7, 11) is 0. The molecule has 5 heteroatoms. The van der Waals surface area contributed by atoms with Gasteiger partial charge in [0.05, 0.1) is 6.04 Å². The van der Waals surface area contributed by atoms with Crippen molar-refractivity contribution in [2.24, 2.45) is 0 Å². The molecule has 0 aromatic heterocycles. The smallest absolute Gasteiger partial charge is 0.231 e. The Labute approximate surface area is 124 Å². The van der Waals surface area contributed by atoms with E-state index in [1.165, 1.54) is 25.7 Å². The van der Waals surface area contributed by atoms with Crippen LogP contribution in [0, 0.1) is 0 Å². The zero-order valence-electron chi connectivity index (χ0n) is 11.6. The summed E-state index contributed by atoms with van der Waals surface area (Å²) in [4.78, 5) is 0. The van der Waals surface area contributed by atoms with E-state index in [2.05, 4.69) is 17.6 Å². The number of benzene rings is 1. The monoisotopic (exact) mass is 292 g/mol. The molecule has 1 atom stereocenters. The van der Waals surface area contributed by atoms with E-state index in [1.807, 2.05) is 18.2 Å². The molecular formula is C15H20N2O2S. The average molecular weight is 292 g/mol. The highest BCUT2D eigenvalue weighted by molar-refractivity contribution is 7.80. The summed E-state index contributed by atoms with van der Waals surface area (Å²) < 4.78 is 10.7. The summed E-state index contributed by atoms with van der Waals surface area (Å²) >= 11 is 5.39. The first kappa shape index (κ1) is 13.5. The molecule has 20 heavy (non-hydrogen) atoms. The van der Waals surface area contributed by atoms with Gasteiger partial charge in [-0.2, -0.15) is 0 Å². The fourth-order valence-electron chi connectivity index (χ4n) is 2.76. The summed E-state index contributed by atoms with van der Waals surface area (Å²) in [6, 6.07) is 6.69. The Bertz CT molecular complexity index is 501. The molecule has 0 saturated heterocycles. The van der Waals surface area contributed by atoms with Gasteiger partial charge in [-0.15, -0.1) is 0 Å². The molecule has 1 unspecified atom stereocenters. The maximum atomic E-state index is 5.40. The molecule has 1 aliphatic carbocycles. The maximum absolute atomic E-state index is 5.40. The lowest BCUT2D eigenvalue weighted by Crippen LogP contribution is -2.41. The minimum Gasteiger partial charge on any atom is -0.454 e. The van der Waals surface area contributed by atoms with Crippen molar-refractivity contribution in [3.8, 4) is 11.5 Å². The van der Waals surface area contributed by atoms with Crippen LogP contribution in [0.4, 0.5) is 0 Å². The Kier molecular flexibility index (Phi) is 3.96. The highest BCUT2D eigenvalue weighted by Gasteiger charge is 2.18. The van der Waals surface area contributed by atoms with Gasteiger partial charge in [0.1, 0.15) is 0 Å². The van der Waals surface area contributed by atoms with Crippen molar-refractivity contribution < 1.29 is 9.47 Å². The van der Waals surface area contributed by atoms with Gasteiger partial charge in [0.15, 0.2) is 16.6 Å². The van der Waals surface area contributed by atoms with Crippen LogP contribution in [0.3, 0.4) is 0 Å². The quantitative estimate of drug-likeness (QED) is 0.839. The summed E-state index contributed by atoms with van der Waals surface area (Å²) in [6.45, 7) is 2.41. The fraction of sp³-hybridized carbons (Fsp3) is 0.533. The van der Waals surface area contributed by atoms with Crippen molar-refractivity contribution in [1.82, 2.24) is 10.6 Å². The Morgan fingerprint density at radius 2 is 2.00 bits per heavy atom. The number of nitrogens with one attached hydrogen (secondary N) is 2. The van der Waals surface area contributed by atoms with E-state index in [0.29, 0.717) is 12.8 Å². The lowest BCUT2D eigenvalue weighted by molar-refractivity contribution is 0.174. The van der Waals surface area contributed by atoms with Crippen molar-refractivity contribution in [2.45, 2.75) is 44.7 Å². The molecule has 1 fully saturated rings. The Hall–Kier alpha value is -1.49. The number of thiocarbonyl (C=S) groups is 1. The number of hydrogen-bond donors (Lipinski definition) is 2. The maximum Gasteiger partial charge on any atom is 0.231 e. The molecule has 0 bridgehead atoms. The first-order valence-electron chi connectivity index (χ1n) is 7.19. The summed E-state index contributed by atoms with van der Waals surface area (Å²) in [5.74, 6) is 1.62. The average Bonchev–Trinajstić information content (AvgIpc) is 3.07. The molecule has 1 saturated carbocycles. The minimum atomic E-state index is 0.144. The highest BCUT2D eigenvalue weighted by atomic mass is 32.1. The Balaban J connectivity index is 1.58. The van der Waals surface area contributed by atoms with Gasteiger partial charge in [0, 0.05) is 6.04 Å². The van der Waals surface area contributed by atoms with Crippen LogP contribution in [0.15, 0.2) is 18.2 Å². The van der Waals surface area contributed by atoms with Crippen LogP contribution >= 0.6 is 12.2 Å². The zero-order valence-corrected chi connectivity index (χ0v) is 12.5. The lowest BCUT2D eigenvalue weighted by atomic mass is 10.1. The van der Waals surface area contributed by atoms with Crippen LogP contribution in [0.2, 0.25) is 0 Å². The number of hydrogen-bond acceptors (Lipinski definition) is 3. The van der Waals surface area contributed by atoms with Crippen molar-refractivity contribution in [2.75, 3.05) is 6.79 Å². The van der Waals surface area contributed by atoms with E-state index < -0.39 is 0 Å². The van der Waals surface area contributed by atoms with E-state index in [4.69, 9.17) is 21.7 Å². The second kappa shape index (κ2) is 5.87. The highest BCUT2D eigenvalue weighted by Crippen LogP contribution is 2.34. The van der Waals surface area contributed by atoms with Crippen LogP contribution in [0.1, 0.15) is 44.2 Å². The molecule has 4 nitrogen and oxygen atoms in total. The van der Waals surface area contributed by atoms with Crippen LogP contribution in [-0.2, 0) is 0 Å². The van der Waals surface area contributed by atoms with Crippen molar-refractivity contribution in [1.29, 1.82) is 0 Å². The molecule has 1 aliphatic heterocycles. The van der Waals surface area contributed by atoms with Gasteiger partial charge >= 0.3 is 0 Å². The van der Waals surface area contributed by atoms with Crippen molar-refractivity contribution in [3.63, 3.8) is 0 Å². The van der Waals surface area contributed by atoms with E-state index in [-0.39, 0.29) is 6.04 Å². The standard InChI is InChI=1S/C15H20N2O2S/c1-10(16-15(20)17-12-4-2-3-5-12)11-6-7-13-14(8-11)19-9-18-13/h6-8,10,12H,2-5,9H2,1H3,(H2,16,17,20). The molecule has 1 aromatic carbocycles. The molecule has 0 spiro atoms. The van der Waals surface area contributed by atoms with Crippen LogP contribution in [0.25, 0.3) is 0 Å². The molecule has 1 aromatic rings. The second-order valence-corrected chi connectivity index (χ2v) is 5.84. The zero-order chi connectivity index (χ0) is 13.9. The predicted octanol–water partition coefficient (Wildman–Crippen LogP) is 2.88. The van der Waals surface area contributed by atoms with Gasteiger partial charge < -0.3 is 20.1 Å². The summed E-state index contributed by atoms with van der Waals surface area (Å²) in [5.41, 5.74) is 1.14. The third-order valence-electron chi connectivity index (χ3n) is 3.93. The molecule has 2 aliphatic rings. The molecular weight excluding hydrogens is 272 g/mol. The normalized spacial score (nSPS) is 18.9. The van der Waals surface area contributed by atoms with E-state index >= 15 is 0 Å². The van der Waals surface area contributed by atoms with Gasteiger partial charge in [-0.1, -0.05) is 18.9 Å². The van der Waals surface area contributed by atoms with Crippen molar-refractivity contribution >= 4 is 17.3 Å². The van der Waals surface area contributed by atoms with Gasteiger partial charge in [-0.05, 0) is 49.7 Å². The fourth-order valence-corrected chi connectivity index (χ4v) is 3.10. The predicted molar refractivity (Wildman–Crippen MR) is 82.1 cm³/mol. The lowest BCUT2D eigenvalue weighted by Gasteiger charge is -2.20. The third-order valence-corrected chi connectivity index (χ3v) is 4.17. The first-order chi connectivity index (χ1) is 9.72. The number of fused-ring (bicyclic) bond motifs is 1. The third kappa shape index (κ3) is 2.98. The van der Waals surface area contributed by atoms with Crippen LogP contribution in [-0.4, -0.2) is 17.9 Å². The molecule has 3 rings (SSSR count). The van der Waals surface area contributed by atoms with E-state index in [1.54, 1.807) is 0 Å². The SMILES string of the molecule is CC(NC(=S)NC1CCCC1)c1ccc2c(c1)OCO2. The van der Waals surface area contributed by atoms with Gasteiger partial charge in [0.25, 0.3) is 0 Å². The van der Waals surface area contributed by atoms with Gasteiger partial charge in [-0.3, -0.25) is 0 Å². The van der Waals surface area contributed by atoms with Gasteiger partial charge in [0.2, 0.25) is 6.79 Å². The van der Waals surface area contributed by atoms with Crippen LogP contribution < -0.4 is 20.1 Å². The number of rotatable bonds is 3. The molecule has 0 amide bonds. The Morgan fingerprint density at radius 1 is 1.25 bits per heavy atom. The van der Waals surface area contributed by atoms with E-state index in [9.17, 15) is 0 Å². The topological polar surface area (TPSA) is 42.5 Å². The largest absolute Gasteiger partial charge is 0.454 e. The second-order valence-electron chi connectivity index (χ2n) is 5.43. The minimum absolute atomic E-state index is 0.144. The van der Waals surface area contributed by atoms with E-state index in [0.717, 1.165) is 22.2 Å². The van der Waals surface area contributed by atoms with Gasteiger partial charge in [-0.25, -0.2) is 0 Å². The number of ether oxygens (including phenoxy) is 2. The molecule has 108 valence electrons. The summed E-state index contributed by atoms with van der Waals surface area (Å²) in [5, 5.41) is 7.47. The van der Waals surface area contributed by atoms with Crippen molar-refractivity contribution in [3.05, 3.63) is 23.8 Å². The molecule has 1 heterocycles. The Morgan fingerprint density at radius 3 is 2.80 bits per heavy atom.